The average molecular weight is 459 g/mol. The fourth-order valence-electron chi connectivity index (χ4n) is 4.09. The number of aryl methyl sites for hydroxylation is 1. The third-order valence-corrected chi connectivity index (χ3v) is 7.94. The molecule has 1 aliphatic heterocycles. The van der Waals surface area contributed by atoms with Crippen LogP contribution in [0.25, 0.3) is 0 Å². The molecule has 32 heavy (non-hydrogen) atoms. The van der Waals surface area contributed by atoms with Crippen LogP contribution in [-0.2, 0) is 14.8 Å². The number of piperidine rings is 1. The number of carbonyl (C=O) groups excluding carboxylic acids is 1. The second-order valence-electron chi connectivity index (χ2n) is 8.96. The average Bonchev–Trinajstić information content (AvgIpc) is 2.78. The maximum absolute atomic E-state index is 13.0. The van der Waals surface area contributed by atoms with Crippen molar-refractivity contribution in [1.29, 1.82) is 0 Å². The molecular formula is C25H34N2O4S. The molecule has 1 atom stereocenters. The summed E-state index contributed by atoms with van der Waals surface area (Å²) in [5.74, 6) is 1.01. The molecule has 0 aliphatic carbocycles. The molecule has 1 saturated heterocycles. The van der Waals surface area contributed by atoms with E-state index in [9.17, 15) is 13.2 Å². The Labute approximate surface area is 192 Å². The van der Waals surface area contributed by atoms with Gasteiger partial charge in [0.2, 0.25) is 15.9 Å². The van der Waals surface area contributed by atoms with E-state index < -0.39 is 10.0 Å². The first-order chi connectivity index (χ1) is 15.2. The lowest BCUT2D eigenvalue weighted by Gasteiger charge is -2.32. The minimum absolute atomic E-state index is 0.00106. The number of ether oxygens (including phenoxy) is 1. The summed E-state index contributed by atoms with van der Waals surface area (Å²) in [4.78, 5) is 13.4. The van der Waals surface area contributed by atoms with Crippen LogP contribution in [0.1, 0.15) is 50.3 Å². The lowest BCUT2D eigenvalue weighted by Crippen LogP contribution is -2.43. The molecule has 1 fully saturated rings. The molecule has 1 heterocycles. The molecule has 0 bridgehead atoms. The van der Waals surface area contributed by atoms with Gasteiger partial charge < -0.3 is 10.1 Å². The Balaban J connectivity index is 1.63. The summed E-state index contributed by atoms with van der Waals surface area (Å²) >= 11 is 0. The van der Waals surface area contributed by atoms with Crippen molar-refractivity contribution in [2.24, 2.45) is 11.8 Å². The van der Waals surface area contributed by atoms with E-state index in [0.29, 0.717) is 36.7 Å². The second-order valence-corrected chi connectivity index (χ2v) is 10.9. The summed E-state index contributed by atoms with van der Waals surface area (Å²) in [6.45, 7) is 6.91. The van der Waals surface area contributed by atoms with Gasteiger partial charge in [0, 0.05) is 19.0 Å². The predicted molar refractivity (Wildman–Crippen MR) is 126 cm³/mol. The van der Waals surface area contributed by atoms with Crippen LogP contribution in [0.15, 0.2) is 53.4 Å². The molecule has 0 aromatic heterocycles. The molecule has 6 nitrogen and oxygen atoms in total. The monoisotopic (exact) mass is 458 g/mol. The first kappa shape index (κ1) is 24.3. The van der Waals surface area contributed by atoms with E-state index >= 15 is 0 Å². The fourth-order valence-corrected chi connectivity index (χ4v) is 5.56. The lowest BCUT2D eigenvalue weighted by atomic mass is 9.93. The van der Waals surface area contributed by atoms with Crippen LogP contribution in [0.2, 0.25) is 0 Å². The highest BCUT2D eigenvalue weighted by Gasteiger charge is 2.33. The number of methoxy groups -OCH3 is 1. The molecular weight excluding hydrogens is 424 g/mol. The Hall–Kier alpha value is -2.38. The second kappa shape index (κ2) is 10.5. The SMILES string of the molecule is COc1ccc([C@H](CC(C)C)NC(=O)C2CCN(S(=O)(=O)c3ccc(C)cc3)CC2)cc1. The van der Waals surface area contributed by atoms with Crippen molar-refractivity contribution in [3.8, 4) is 5.75 Å². The molecule has 2 aromatic carbocycles. The maximum Gasteiger partial charge on any atom is 0.243 e. The first-order valence-electron chi connectivity index (χ1n) is 11.2. The van der Waals surface area contributed by atoms with Gasteiger partial charge in [-0.05, 0) is 61.9 Å². The number of sulfonamides is 1. The van der Waals surface area contributed by atoms with Gasteiger partial charge >= 0.3 is 0 Å². The number of hydrogen-bond donors (Lipinski definition) is 1. The van der Waals surface area contributed by atoms with Gasteiger partial charge in [0.25, 0.3) is 0 Å². The van der Waals surface area contributed by atoms with Gasteiger partial charge in [-0.25, -0.2) is 8.42 Å². The molecule has 1 amide bonds. The van der Waals surface area contributed by atoms with Crippen LogP contribution in [0.4, 0.5) is 0 Å². The molecule has 0 spiro atoms. The Morgan fingerprint density at radius 2 is 1.66 bits per heavy atom. The molecule has 0 unspecified atom stereocenters. The van der Waals surface area contributed by atoms with Crippen molar-refractivity contribution in [1.82, 2.24) is 9.62 Å². The zero-order chi connectivity index (χ0) is 23.3. The fraction of sp³-hybridized carbons (Fsp3) is 0.480. The van der Waals surface area contributed by atoms with Gasteiger partial charge in [0.1, 0.15) is 5.75 Å². The highest BCUT2D eigenvalue weighted by atomic mass is 32.2. The summed E-state index contributed by atoms with van der Waals surface area (Å²) in [6, 6.07) is 14.6. The Morgan fingerprint density at radius 3 is 2.19 bits per heavy atom. The van der Waals surface area contributed by atoms with Gasteiger partial charge in [-0.3, -0.25) is 4.79 Å². The maximum atomic E-state index is 13.0. The normalized spacial score (nSPS) is 16.7. The van der Waals surface area contributed by atoms with Crippen molar-refractivity contribution in [3.05, 3.63) is 59.7 Å². The molecule has 0 saturated carbocycles. The highest BCUT2D eigenvalue weighted by molar-refractivity contribution is 7.89. The minimum Gasteiger partial charge on any atom is -0.497 e. The van der Waals surface area contributed by atoms with Crippen molar-refractivity contribution in [2.45, 2.75) is 51.0 Å². The number of nitrogens with one attached hydrogen (secondary N) is 1. The summed E-state index contributed by atoms with van der Waals surface area (Å²) in [7, 11) is -1.89. The predicted octanol–water partition coefficient (Wildman–Crippen LogP) is 4.31. The van der Waals surface area contributed by atoms with Gasteiger partial charge in [0.15, 0.2) is 0 Å². The van der Waals surface area contributed by atoms with Crippen molar-refractivity contribution in [3.63, 3.8) is 0 Å². The zero-order valence-electron chi connectivity index (χ0n) is 19.4. The summed E-state index contributed by atoms with van der Waals surface area (Å²) in [5.41, 5.74) is 2.07. The van der Waals surface area contributed by atoms with E-state index in [2.05, 4.69) is 19.2 Å². The lowest BCUT2D eigenvalue weighted by molar-refractivity contribution is -0.127. The van der Waals surface area contributed by atoms with E-state index in [4.69, 9.17) is 4.74 Å². The zero-order valence-corrected chi connectivity index (χ0v) is 20.2. The Kier molecular flexibility index (Phi) is 7.96. The summed E-state index contributed by atoms with van der Waals surface area (Å²) < 4.78 is 32.6. The Bertz CT molecular complexity index is 993. The van der Waals surface area contributed by atoms with Crippen molar-refractivity contribution < 1.29 is 17.9 Å². The van der Waals surface area contributed by atoms with E-state index in [1.54, 1.807) is 31.4 Å². The smallest absolute Gasteiger partial charge is 0.243 e. The number of amides is 1. The van der Waals surface area contributed by atoms with Crippen LogP contribution in [0.5, 0.6) is 5.75 Å². The third-order valence-electron chi connectivity index (χ3n) is 6.03. The molecule has 3 rings (SSSR count). The highest BCUT2D eigenvalue weighted by Crippen LogP contribution is 2.27. The van der Waals surface area contributed by atoms with Crippen molar-refractivity contribution in [2.75, 3.05) is 20.2 Å². The van der Waals surface area contributed by atoms with E-state index in [1.807, 2.05) is 31.2 Å². The quantitative estimate of drug-likeness (QED) is 0.640. The molecule has 174 valence electrons. The number of rotatable bonds is 8. The number of hydrogen-bond acceptors (Lipinski definition) is 4. The number of carbonyl (C=O) groups is 1. The molecule has 0 radical (unpaired) electrons. The standard InChI is InChI=1S/C25H34N2O4S/c1-18(2)17-24(20-7-9-22(31-4)10-8-20)26-25(28)21-13-15-27(16-14-21)32(29,30)23-11-5-19(3)6-12-23/h5-12,18,21,24H,13-17H2,1-4H3,(H,26,28)/t24-/m0/s1. The van der Waals surface area contributed by atoms with Gasteiger partial charge in [-0.2, -0.15) is 4.31 Å². The largest absolute Gasteiger partial charge is 0.497 e. The van der Waals surface area contributed by atoms with Crippen LogP contribution in [-0.4, -0.2) is 38.8 Å². The van der Waals surface area contributed by atoms with E-state index in [-0.39, 0.29) is 17.9 Å². The van der Waals surface area contributed by atoms with Crippen molar-refractivity contribution >= 4 is 15.9 Å². The van der Waals surface area contributed by atoms with E-state index in [1.165, 1.54) is 4.31 Å². The molecule has 1 N–H and O–H groups in total. The number of benzene rings is 2. The molecule has 7 heteroatoms. The summed E-state index contributed by atoms with van der Waals surface area (Å²) in [6.07, 6.45) is 1.88. The Morgan fingerprint density at radius 1 is 1.06 bits per heavy atom. The van der Waals surface area contributed by atoms with Crippen LogP contribution >= 0.6 is 0 Å². The van der Waals surface area contributed by atoms with Gasteiger partial charge in [-0.15, -0.1) is 0 Å². The number of nitrogens with zero attached hydrogens (tertiary/aromatic N) is 1. The third kappa shape index (κ3) is 5.90. The summed E-state index contributed by atoms with van der Waals surface area (Å²) in [5, 5.41) is 3.22. The van der Waals surface area contributed by atoms with Gasteiger partial charge in [-0.1, -0.05) is 43.7 Å². The van der Waals surface area contributed by atoms with Gasteiger partial charge in [0.05, 0.1) is 18.0 Å². The molecule has 1 aliphatic rings. The van der Waals surface area contributed by atoms with Crippen LogP contribution in [0.3, 0.4) is 0 Å². The van der Waals surface area contributed by atoms with E-state index in [0.717, 1.165) is 23.3 Å². The first-order valence-corrected chi connectivity index (χ1v) is 12.7. The minimum atomic E-state index is -3.53. The molecule has 2 aromatic rings. The van der Waals surface area contributed by atoms with Crippen LogP contribution < -0.4 is 10.1 Å². The van der Waals surface area contributed by atoms with Crippen LogP contribution in [0, 0.1) is 18.8 Å². The topological polar surface area (TPSA) is 75.7 Å².